The minimum absolute atomic E-state index is 0.629. The summed E-state index contributed by atoms with van der Waals surface area (Å²) in [7, 11) is 1.93. The number of ether oxygens (including phenoxy) is 1. The number of likely N-dealkylation sites (N-methyl/N-ethyl adjacent to an activating group) is 1. The van der Waals surface area contributed by atoms with Crippen molar-refractivity contribution >= 4 is 0 Å². The van der Waals surface area contributed by atoms with Crippen molar-refractivity contribution in [1.29, 1.82) is 0 Å². The van der Waals surface area contributed by atoms with Crippen molar-refractivity contribution in [3.8, 4) is 5.75 Å². The summed E-state index contributed by atoms with van der Waals surface area (Å²) >= 11 is 0. The lowest BCUT2D eigenvalue weighted by atomic mass is 10.1. The van der Waals surface area contributed by atoms with Crippen LogP contribution in [0.5, 0.6) is 5.75 Å². The fraction of sp³-hybridized carbons (Fsp3) is 0.385. The molecule has 0 radical (unpaired) electrons. The molecule has 1 aromatic carbocycles. The predicted octanol–water partition coefficient (Wildman–Crippen LogP) is 2.46. The molecule has 0 saturated heterocycles. The van der Waals surface area contributed by atoms with E-state index in [-0.39, 0.29) is 0 Å². The Bertz CT molecular complexity index is 331. The predicted molar refractivity (Wildman–Crippen MR) is 64.5 cm³/mol. The van der Waals surface area contributed by atoms with Crippen LogP contribution in [0.25, 0.3) is 0 Å². The lowest BCUT2D eigenvalue weighted by Gasteiger charge is -2.05. The monoisotopic (exact) mass is 205 g/mol. The number of hydrogen-bond donors (Lipinski definition) is 1. The summed E-state index contributed by atoms with van der Waals surface area (Å²) in [4.78, 5) is 0. The van der Waals surface area contributed by atoms with Crippen LogP contribution in [0.4, 0.5) is 0 Å². The quantitative estimate of drug-likeness (QED) is 0.746. The first kappa shape index (κ1) is 11.8. The average Bonchev–Trinajstić information content (AvgIpc) is 2.23. The molecule has 0 aromatic heterocycles. The highest BCUT2D eigenvalue weighted by Crippen LogP contribution is 2.16. The summed E-state index contributed by atoms with van der Waals surface area (Å²) < 4.78 is 5.57. The van der Waals surface area contributed by atoms with E-state index in [1.807, 2.05) is 19.2 Å². The molecule has 0 saturated carbocycles. The molecule has 2 nitrogen and oxygen atoms in total. The molecule has 15 heavy (non-hydrogen) atoms. The Labute approximate surface area is 92.0 Å². The van der Waals surface area contributed by atoms with E-state index in [0.29, 0.717) is 6.61 Å². The van der Waals surface area contributed by atoms with E-state index in [1.54, 1.807) is 0 Å². The largest absolute Gasteiger partial charge is 0.490 e. The third-order valence-electron chi connectivity index (χ3n) is 2.31. The van der Waals surface area contributed by atoms with E-state index >= 15 is 0 Å². The fourth-order valence-electron chi connectivity index (χ4n) is 1.22. The summed E-state index contributed by atoms with van der Waals surface area (Å²) in [5.74, 6) is 0.937. The molecule has 0 bridgehead atoms. The molecule has 0 aliphatic carbocycles. The standard InChI is InChI=1S/C13H19NO/c1-11-6-7-13(10-12(11)2)15-9-5-4-8-14-3/h4-7,10,14H,8-9H2,1-3H3/b5-4-. The van der Waals surface area contributed by atoms with E-state index < -0.39 is 0 Å². The average molecular weight is 205 g/mol. The smallest absolute Gasteiger partial charge is 0.120 e. The van der Waals surface area contributed by atoms with Crippen LogP contribution in [0.3, 0.4) is 0 Å². The maximum atomic E-state index is 5.57. The summed E-state index contributed by atoms with van der Waals surface area (Å²) in [5.41, 5.74) is 2.57. The molecule has 0 aliphatic heterocycles. The maximum Gasteiger partial charge on any atom is 0.120 e. The molecule has 0 spiro atoms. The van der Waals surface area contributed by atoms with Crippen LogP contribution >= 0.6 is 0 Å². The fourth-order valence-corrected chi connectivity index (χ4v) is 1.22. The molecule has 2 heteroatoms. The van der Waals surface area contributed by atoms with E-state index in [0.717, 1.165) is 12.3 Å². The van der Waals surface area contributed by atoms with Gasteiger partial charge in [0, 0.05) is 6.54 Å². The molecule has 1 N–H and O–H groups in total. The molecule has 82 valence electrons. The van der Waals surface area contributed by atoms with Crippen LogP contribution in [0.2, 0.25) is 0 Å². The van der Waals surface area contributed by atoms with Gasteiger partial charge in [-0.1, -0.05) is 18.2 Å². The van der Waals surface area contributed by atoms with E-state index in [9.17, 15) is 0 Å². The van der Waals surface area contributed by atoms with Gasteiger partial charge in [0.25, 0.3) is 0 Å². The van der Waals surface area contributed by atoms with E-state index in [4.69, 9.17) is 4.74 Å². The number of rotatable bonds is 5. The third-order valence-corrected chi connectivity index (χ3v) is 2.31. The van der Waals surface area contributed by atoms with Crippen molar-refractivity contribution in [2.24, 2.45) is 0 Å². The van der Waals surface area contributed by atoms with Gasteiger partial charge >= 0.3 is 0 Å². The summed E-state index contributed by atoms with van der Waals surface area (Å²) in [5, 5.41) is 3.04. The molecule has 0 unspecified atom stereocenters. The van der Waals surface area contributed by atoms with Gasteiger partial charge in [-0.3, -0.25) is 0 Å². The second kappa shape index (κ2) is 6.25. The van der Waals surface area contributed by atoms with Crippen LogP contribution in [0, 0.1) is 13.8 Å². The lowest BCUT2D eigenvalue weighted by molar-refractivity contribution is 0.362. The molecule has 0 atom stereocenters. The van der Waals surface area contributed by atoms with Gasteiger partial charge in [0.05, 0.1) is 0 Å². The normalized spacial score (nSPS) is 10.9. The first-order valence-corrected chi connectivity index (χ1v) is 5.23. The van der Waals surface area contributed by atoms with Crippen LogP contribution in [-0.4, -0.2) is 20.2 Å². The van der Waals surface area contributed by atoms with Crippen molar-refractivity contribution in [3.05, 3.63) is 41.5 Å². The minimum atomic E-state index is 0.629. The van der Waals surface area contributed by atoms with Crippen molar-refractivity contribution in [2.45, 2.75) is 13.8 Å². The minimum Gasteiger partial charge on any atom is -0.490 e. The van der Waals surface area contributed by atoms with Crippen molar-refractivity contribution in [1.82, 2.24) is 5.32 Å². The Hall–Kier alpha value is -1.28. The number of aryl methyl sites for hydroxylation is 2. The van der Waals surface area contributed by atoms with Gasteiger partial charge in [-0.25, -0.2) is 0 Å². The molecule has 0 amide bonds. The lowest BCUT2D eigenvalue weighted by Crippen LogP contribution is -2.04. The summed E-state index contributed by atoms with van der Waals surface area (Å²) in [6, 6.07) is 6.16. The van der Waals surface area contributed by atoms with Gasteiger partial charge in [-0.2, -0.15) is 0 Å². The van der Waals surface area contributed by atoms with Crippen molar-refractivity contribution < 1.29 is 4.74 Å². The number of benzene rings is 1. The second-order valence-electron chi connectivity index (χ2n) is 3.59. The van der Waals surface area contributed by atoms with Crippen LogP contribution < -0.4 is 10.1 Å². The zero-order chi connectivity index (χ0) is 11.1. The summed E-state index contributed by atoms with van der Waals surface area (Å²) in [6.07, 6.45) is 4.08. The highest BCUT2D eigenvalue weighted by molar-refractivity contribution is 5.33. The molecule has 0 aliphatic rings. The Morgan fingerprint density at radius 3 is 2.67 bits per heavy atom. The van der Waals surface area contributed by atoms with Crippen LogP contribution in [0.15, 0.2) is 30.4 Å². The Balaban J connectivity index is 2.41. The first-order valence-electron chi connectivity index (χ1n) is 5.23. The van der Waals surface area contributed by atoms with Crippen molar-refractivity contribution in [3.63, 3.8) is 0 Å². The van der Waals surface area contributed by atoms with Gasteiger partial charge in [0.1, 0.15) is 12.4 Å². The number of nitrogens with one attached hydrogen (secondary N) is 1. The number of hydrogen-bond acceptors (Lipinski definition) is 2. The zero-order valence-corrected chi connectivity index (χ0v) is 9.71. The summed E-state index contributed by atoms with van der Waals surface area (Å²) in [6.45, 7) is 5.71. The Kier molecular flexibility index (Phi) is 4.91. The SMILES string of the molecule is CNC/C=C\COc1ccc(C)c(C)c1. The van der Waals surface area contributed by atoms with E-state index in [1.165, 1.54) is 11.1 Å². The van der Waals surface area contributed by atoms with Gasteiger partial charge in [0.15, 0.2) is 0 Å². The Morgan fingerprint density at radius 1 is 1.20 bits per heavy atom. The third kappa shape index (κ3) is 4.17. The highest BCUT2D eigenvalue weighted by atomic mass is 16.5. The highest BCUT2D eigenvalue weighted by Gasteiger charge is 1.95. The molecule has 1 rings (SSSR count). The molecule has 0 fully saturated rings. The first-order chi connectivity index (χ1) is 7.24. The van der Waals surface area contributed by atoms with Crippen molar-refractivity contribution in [2.75, 3.05) is 20.2 Å². The molecule has 0 heterocycles. The Morgan fingerprint density at radius 2 is 2.00 bits per heavy atom. The topological polar surface area (TPSA) is 21.3 Å². The van der Waals surface area contributed by atoms with Crippen LogP contribution in [0.1, 0.15) is 11.1 Å². The van der Waals surface area contributed by atoms with Crippen LogP contribution in [-0.2, 0) is 0 Å². The van der Waals surface area contributed by atoms with Gasteiger partial charge < -0.3 is 10.1 Å². The van der Waals surface area contributed by atoms with Gasteiger partial charge in [-0.05, 0) is 44.2 Å². The molecular formula is C13H19NO. The van der Waals surface area contributed by atoms with Gasteiger partial charge in [-0.15, -0.1) is 0 Å². The molecule has 1 aromatic rings. The van der Waals surface area contributed by atoms with E-state index in [2.05, 4.69) is 37.4 Å². The molecular weight excluding hydrogens is 186 g/mol. The zero-order valence-electron chi connectivity index (χ0n) is 9.71. The second-order valence-corrected chi connectivity index (χ2v) is 3.59. The van der Waals surface area contributed by atoms with Gasteiger partial charge in [0.2, 0.25) is 0 Å². The maximum absolute atomic E-state index is 5.57.